The minimum absolute atomic E-state index is 0.327. The zero-order valence-electron chi connectivity index (χ0n) is 8.82. The molecule has 0 spiro atoms. The van der Waals surface area contributed by atoms with Gasteiger partial charge in [0.05, 0.1) is 0 Å². The fourth-order valence-corrected chi connectivity index (χ4v) is 2.57. The molecule has 2 aromatic rings. The average Bonchev–Trinajstić information content (AvgIpc) is 2.66. The molecule has 3 rings (SSSR count). The Hall–Kier alpha value is -1.77. The van der Waals surface area contributed by atoms with E-state index >= 15 is 0 Å². The van der Waals surface area contributed by atoms with E-state index in [9.17, 15) is 9.90 Å². The van der Waals surface area contributed by atoms with Crippen LogP contribution in [-0.2, 0) is 17.6 Å². The number of aromatic amines is 1. The van der Waals surface area contributed by atoms with E-state index in [0.29, 0.717) is 12.8 Å². The second-order valence-corrected chi connectivity index (χ2v) is 4.39. The third-order valence-corrected chi connectivity index (χ3v) is 3.43. The molecule has 1 N–H and O–H groups in total. The number of nitrogens with one attached hydrogen (secondary N) is 1. The van der Waals surface area contributed by atoms with Crippen molar-refractivity contribution < 1.29 is 9.90 Å². The van der Waals surface area contributed by atoms with Crippen LogP contribution in [0.2, 0.25) is 0 Å². The maximum Gasteiger partial charge on any atom is 0.0458 e. The number of H-pyrrole nitrogens is 1. The SMILES string of the molecule is O=C([O-])[C@H]1CCc2[nH]c3ccccc3c2C1. The van der Waals surface area contributed by atoms with E-state index in [-0.39, 0.29) is 5.92 Å². The number of carboxylic acid groups (broad SMARTS) is 1. The monoisotopic (exact) mass is 214 g/mol. The Kier molecular flexibility index (Phi) is 1.99. The summed E-state index contributed by atoms with van der Waals surface area (Å²) in [6.45, 7) is 0. The topological polar surface area (TPSA) is 55.9 Å². The Morgan fingerprint density at radius 2 is 2.19 bits per heavy atom. The number of hydrogen-bond acceptors (Lipinski definition) is 2. The summed E-state index contributed by atoms with van der Waals surface area (Å²) in [6, 6.07) is 8.05. The molecule has 3 nitrogen and oxygen atoms in total. The van der Waals surface area contributed by atoms with Crippen molar-refractivity contribution >= 4 is 16.9 Å². The Morgan fingerprint density at radius 3 is 3.00 bits per heavy atom. The van der Waals surface area contributed by atoms with Gasteiger partial charge in [0.1, 0.15) is 0 Å². The highest BCUT2D eigenvalue weighted by atomic mass is 16.4. The maximum atomic E-state index is 10.9. The molecule has 0 unspecified atom stereocenters. The van der Waals surface area contributed by atoms with E-state index in [1.54, 1.807) is 0 Å². The molecule has 1 aromatic heterocycles. The van der Waals surface area contributed by atoms with Crippen molar-refractivity contribution in [3.63, 3.8) is 0 Å². The predicted octanol–water partition coefficient (Wildman–Crippen LogP) is 1.02. The van der Waals surface area contributed by atoms with Gasteiger partial charge in [0.15, 0.2) is 0 Å². The molecule has 0 saturated heterocycles. The number of carbonyl (C=O) groups is 1. The van der Waals surface area contributed by atoms with E-state index in [2.05, 4.69) is 4.98 Å². The lowest BCUT2D eigenvalue weighted by Crippen LogP contribution is -2.34. The number of aliphatic carboxylic acids is 1. The minimum atomic E-state index is -0.920. The maximum absolute atomic E-state index is 10.9. The summed E-state index contributed by atoms with van der Waals surface area (Å²) in [7, 11) is 0. The number of carbonyl (C=O) groups excluding carboxylic acids is 1. The standard InChI is InChI=1S/C13H13NO2/c15-13(16)8-5-6-12-10(7-8)9-3-1-2-4-11(9)14-12/h1-4,8,14H,5-7H2,(H,15,16)/p-1/t8-/m0/s1. The van der Waals surface area contributed by atoms with Crippen molar-refractivity contribution in [2.24, 2.45) is 5.92 Å². The summed E-state index contributed by atoms with van der Waals surface area (Å²) < 4.78 is 0. The van der Waals surface area contributed by atoms with Gasteiger partial charge < -0.3 is 14.9 Å². The molecule has 16 heavy (non-hydrogen) atoms. The molecule has 1 heterocycles. The van der Waals surface area contributed by atoms with Crippen LogP contribution in [0.1, 0.15) is 17.7 Å². The van der Waals surface area contributed by atoms with Gasteiger partial charge in [-0.15, -0.1) is 0 Å². The highest BCUT2D eigenvalue weighted by Gasteiger charge is 2.22. The molecule has 1 atom stereocenters. The molecule has 1 aliphatic carbocycles. The largest absolute Gasteiger partial charge is 0.550 e. The molecule has 0 aliphatic heterocycles. The molecule has 0 radical (unpaired) electrons. The van der Waals surface area contributed by atoms with E-state index in [0.717, 1.165) is 22.9 Å². The van der Waals surface area contributed by atoms with Gasteiger partial charge in [0.25, 0.3) is 0 Å². The van der Waals surface area contributed by atoms with Crippen LogP contribution in [0.15, 0.2) is 24.3 Å². The molecule has 0 bridgehead atoms. The molecule has 0 fully saturated rings. The smallest absolute Gasteiger partial charge is 0.0458 e. The molecule has 0 amide bonds. The Morgan fingerprint density at radius 1 is 1.38 bits per heavy atom. The number of rotatable bonds is 1. The first-order valence-corrected chi connectivity index (χ1v) is 5.55. The minimum Gasteiger partial charge on any atom is -0.550 e. The Labute approximate surface area is 93.1 Å². The van der Waals surface area contributed by atoms with Crippen LogP contribution in [0, 0.1) is 5.92 Å². The number of fused-ring (bicyclic) bond motifs is 3. The highest BCUT2D eigenvalue weighted by Crippen LogP contribution is 2.31. The van der Waals surface area contributed by atoms with Crippen LogP contribution in [-0.4, -0.2) is 11.0 Å². The number of aromatic nitrogens is 1. The zero-order chi connectivity index (χ0) is 11.1. The summed E-state index contributed by atoms with van der Waals surface area (Å²) in [5, 5.41) is 12.1. The number of carboxylic acids is 1. The summed E-state index contributed by atoms with van der Waals surface area (Å²) in [4.78, 5) is 14.3. The summed E-state index contributed by atoms with van der Waals surface area (Å²) >= 11 is 0. The fraction of sp³-hybridized carbons (Fsp3) is 0.308. The highest BCUT2D eigenvalue weighted by molar-refractivity contribution is 5.85. The van der Waals surface area contributed by atoms with Gasteiger partial charge in [0, 0.05) is 28.5 Å². The first kappa shape index (κ1) is 9.46. The molecular weight excluding hydrogens is 202 g/mol. The second-order valence-electron chi connectivity index (χ2n) is 4.39. The number of hydrogen-bond donors (Lipinski definition) is 1. The van der Waals surface area contributed by atoms with Crippen molar-refractivity contribution in [1.82, 2.24) is 4.98 Å². The lowest BCUT2D eigenvalue weighted by Gasteiger charge is -2.23. The lowest BCUT2D eigenvalue weighted by molar-refractivity contribution is -0.311. The third-order valence-electron chi connectivity index (χ3n) is 3.43. The molecule has 1 aliphatic rings. The van der Waals surface area contributed by atoms with Gasteiger partial charge in [-0.1, -0.05) is 18.2 Å². The van der Waals surface area contributed by atoms with Crippen LogP contribution in [0.3, 0.4) is 0 Å². The molecule has 0 saturated carbocycles. The van der Waals surface area contributed by atoms with Gasteiger partial charge in [-0.3, -0.25) is 0 Å². The van der Waals surface area contributed by atoms with Gasteiger partial charge in [-0.25, -0.2) is 0 Å². The van der Waals surface area contributed by atoms with Crippen LogP contribution in [0.25, 0.3) is 10.9 Å². The molecule has 82 valence electrons. The van der Waals surface area contributed by atoms with Gasteiger partial charge in [-0.05, 0) is 30.9 Å². The van der Waals surface area contributed by atoms with Gasteiger partial charge in [-0.2, -0.15) is 0 Å². The van der Waals surface area contributed by atoms with Crippen LogP contribution < -0.4 is 5.11 Å². The van der Waals surface area contributed by atoms with Crippen LogP contribution in [0.4, 0.5) is 0 Å². The van der Waals surface area contributed by atoms with E-state index in [1.165, 1.54) is 5.69 Å². The lowest BCUT2D eigenvalue weighted by atomic mass is 9.86. The zero-order valence-corrected chi connectivity index (χ0v) is 8.82. The van der Waals surface area contributed by atoms with E-state index < -0.39 is 5.97 Å². The van der Waals surface area contributed by atoms with Crippen LogP contribution in [0.5, 0.6) is 0 Å². The third kappa shape index (κ3) is 1.32. The Bertz CT molecular complexity index is 556. The summed E-state index contributed by atoms with van der Waals surface area (Å²) in [5.74, 6) is -1.25. The normalized spacial score (nSPS) is 19.6. The predicted molar refractivity (Wildman–Crippen MR) is 58.8 cm³/mol. The van der Waals surface area contributed by atoms with Crippen molar-refractivity contribution in [2.75, 3.05) is 0 Å². The first-order chi connectivity index (χ1) is 7.75. The summed E-state index contributed by atoms with van der Waals surface area (Å²) in [5.41, 5.74) is 3.46. The van der Waals surface area contributed by atoms with Gasteiger partial charge >= 0.3 is 0 Å². The first-order valence-electron chi connectivity index (χ1n) is 5.55. The van der Waals surface area contributed by atoms with Crippen molar-refractivity contribution in [3.05, 3.63) is 35.5 Å². The second kappa shape index (κ2) is 3.37. The Balaban J connectivity index is 2.11. The van der Waals surface area contributed by atoms with Crippen molar-refractivity contribution in [2.45, 2.75) is 19.3 Å². The number of benzene rings is 1. The molecule has 1 aromatic carbocycles. The number of para-hydroxylation sites is 1. The van der Waals surface area contributed by atoms with Crippen molar-refractivity contribution in [1.29, 1.82) is 0 Å². The quantitative estimate of drug-likeness (QED) is 0.770. The van der Waals surface area contributed by atoms with Gasteiger partial charge in [0.2, 0.25) is 0 Å². The fourth-order valence-electron chi connectivity index (χ4n) is 2.57. The molecule has 3 heteroatoms. The number of aryl methyl sites for hydroxylation is 1. The molecular formula is C13H12NO2-. The average molecular weight is 214 g/mol. The summed E-state index contributed by atoms with van der Waals surface area (Å²) in [6.07, 6.45) is 2.09. The van der Waals surface area contributed by atoms with Crippen molar-refractivity contribution in [3.8, 4) is 0 Å². The van der Waals surface area contributed by atoms with E-state index in [1.807, 2.05) is 24.3 Å². The van der Waals surface area contributed by atoms with Crippen LogP contribution >= 0.6 is 0 Å². The van der Waals surface area contributed by atoms with E-state index in [4.69, 9.17) is 0 Å².